The quantitative estimate of drug-likeness (QED) is 0.377. The van der Waals surface area contributed by atoms with Crippen molar-refractivity contribution in [1.82, 2.24) is 35.0 Å². The Morgan fingerprint density at radius 2 is 1.86 bits per heavy atom. The maximum atomic E-state index is 13.3. The average molecular weight is 481 g/mol. The molecule has 36 heavy (non-hydrogen) atoms. The lowest BCUT2D eigenvalue weighted by Crippen LogP contribution is -2.29. The molecule has 0 fully saturated rings. The van der Waals surface area contributed by atoms with E-state index in [1.54, 1.807) is 36.3 Å². The number of nitrogen functional groups attached to an aromatic ring is 1. The van der Waals surface area contributed by atoms with Gasteiger partial charge in [0.2, 0.25) is 0 Å². The molecule has 1 unspecified atom stereocenters. The van der Waals surface area contributed by atoms with Crippen LogP contribution in [0.5, 0.6) is 5.75 Å². The number of aryl methyl sites for hydroxylation is 1. The van der Waals surface area contributed by atoms with Crippen molar-refractivity contribution in [3.8, 4) is 28.4 Å². The second kappa shape index (κ2) is 9.41. The van der Waals surface area contributed by atoms with Gasteiger partial charge in [0.25, 0.3) is 5.91 Å². The van der Waals surface area contributed by atoms with Crippen molar-refractivity contribution >= 4 is 22.6 Å². The van der Waals surface area contributed by atoms with Crippen LogP contribution in [0.25, 0.3) is 33.5 Å². The number of hydrogen-bond donors (Lipinski definition) is 2. The summed E-state index contributed by atoms with van der Waals surface area (Å²) in [5, 5.41) is 8.31. The SMILES string of the molecule is COc1cccnc1C(C)NC(=O)c1nc(-c2ccc3ncccc3c2)c(-c2ccn(C)n2)nc1N. The monoisotopic (exact) mass is 480 g/mol. The zero-order valence-corrected chi connectivity index (χ0v) is 20.0. The first-order valence-corrected chi connectivity index (χ1v) is 11.3. The van der Waals surface area contributed by atoms with E-state index in [1.165, 1.54) is 0 Å². The van der Waals surface area contributed by atoms with Crippen LogP contribution in [0.15, 0.2) is 67.1 Å². The van der Waals surface area contributed by atoms with Crippen molar-refractivity contribution in [1.29, 1.82) is 0 Å². The zero-order chi connectivity index (χ0) is 25.2. The number of pyridine rings is 2. The van der Waals surface area contributed by atoms with E-state index in [9.17, 15) is 4.79 Å². The van der Waals surface area contributed by atoms with Crippen LogP contribution < -0.4 is 15.8 Å². The Bertz CT molecular complexity index is 1580. The van der Waals surface area contributed by atoms with Gasteiger partial charge in [-0.15, -0.1) is 0 Å². The molecule has 0 bridgehead atoms. The van der Waals surface area contributed by atoms with Gasteiger partial charge in [0.05, 0.1) is 24.4 Å². The van der Waals surface area contributed by atoms with Gasteiger partial charge < -0.3 is 15.8 Å². The summed E-state index contributed by atoms with van der Waals surface area (Å²) in [7, 11) is 3.37. The molecule has 0 saturated carbocycles. The number of nitrogens with one attached hydrogen (secondary N) is 1. The largest absolute Gasteiger partial charge is 0.495 e. The number of benzene rings is 1. The van der Waals surface area contributed by atoms with Crippen LogP contribution in [0.3, 0.4) is 0 Å². The highest BCUT2D eigenvalue weighted by Gasteiger charge is 2.23. The van der Waals surface area contributed by atoms with Crippen molar-refractivity contribution < 1.29 is 9.53 Å². The van der Waals surface area contributed by atoms with E-state index in [2.05, 4.69) is 25.4 Å². The fraction of sp³-hybridized carbons (Fsp3) is 0.154. The molecular formula is C26H24N8O2. The summed E-state index contributed by atoms with van der Waals surface area (Å²) in [4.78, 5) is 31.3. The lowest BCUT2D eigenvalue weighted by Gasteiger charge is -2.17. The number of carbonyl (C=O) groups excluding carboxylic acids is 1. The Hall–Kier alpha value is -4.86. The number of nitrogens with two attached hydrogens (primary N) is 1. The molecule has 1 aromatic carbocycles. The van der Waals surface area contributed by atoms with Gasteiger partial charge in [0.15, 0.2) is 11.5 Å². The first kappa shape index (κ1) is 22.9. The number of ether oxygens (including phenoxy) is 1. The van der Waals surface area contributed by atoms with Crippen LogP contribution >= 0.6 is 0 Å². The summed E-state index contributed by atoms with van der Waals surface area (Å²) in [6, 6.07) is 14.5. The zero-order valence-electron chi connectivity index (χ0n) is 20.0. The number of nitrogens with zero attached hydrogens (tertiary/aromatic N) is 6. The minimum atomic E-state index is -0.475. The number of carbonyl (C=O) groups is 1. The lowest BCUT2D eigenvalue weighted by atomic mass is 10.0. The fourth-order valence-electron chi connectivity index (χ4n) is 3.99. The maximum Gasteiger partial charge on any atom is 0.274 e. The Kier molecular flexibility index (Phi) is 5.99. The molecule has 180 valence electrons. The molecule has 0 saturated heterocycles. The molecule has 4 aromatic heterocycles. The molecule has 3 N–H and O–H groups in total. The summed E-state index contributed by atoms with van der Waals surface area (Å²) < 4.78 is 7.05. The summed E-state index contributed by atoms with van der Waals surface area (Å²) in [5.74, 6) is 0.0938. The standard InChI is InChI=1S/C26H24N8O2/c1-15(21-20(36-3)7-5-12-29-21)30-26(35)24-25(27)32-23(19-10-13-34(2)33-19)22(31-24)17-8-9-18-16(14-17)6-4-11-28-18/h4-15H,1-3H3,(H2,27,32)(H,30,35). The van der Waals surface area contributed by atoms with Gasteiger partial charge in [-0.1, -0.05) is 12.1 Å². The van der Waals surface area contributed by atoms with Crippen LogP contribution in [0.1, 0.15) is 29.1 Å². The number of hydrogen-bond acceptors (Lipinski definition) is 8. The van der Waals surface area contributed by atoms with E-state index in [-0.39, 0.29) is 11.5 Å². The second-order valence-corrected chi connectivity index (χ2v) is 8.23. The number of methoxy groups -OCH3 is 1. The lowest BCUT2D eigenvalue weighted by molar-refractivity contribution is 0.0934. The fourth-order valence-corrected chi connectivity index (χ4v) is 3.99. The number of rotatable bonds is 6. The van der Waals surface area contributed by atoms with Gasteiger partial charge >= 0.3 is 0 Å². The number of amides is 1. The number of anilines is 1. The predicted molar refractivity (Wildman–Crippen MR) is 136 cm³/mol. The molecule has 10 heteroatoms. The van der Waals surface area contributed by atoms with Gasteiger partial charge in [-0.2, -0.15) is 5.10 Å². The molecule has 0 aliphatic rings. The molecule has 1 amide bonds. The van der Waals surface area contributed by atoms with Crippen molar-refractivity contribution in [3.05, 3.63) is 78.5 Å². The predicted octanol–water partition coefficient (Wildman–Crippen LogP) is 3.57. The van der Waals surface area contributed by atoms with E-state index in [1.807, 2.05) is 56.6 Å². The third kappa shape index (κ3) is 4.31. The third-order valence-corrected chi connectivity index (χ3v) is 5.75. The molecule has 1 atom stereocenters. The van der Waals surface area contributed by atoms with E-state index in [0.717, 1.165) is 16.5 Å². The summed E-state index contributed by atoms with van der Waals surface area (Å²) >= 11 is 0. The van der Waals surface area contributed by atoms with Crippen molar-refractivity contribution in [2.24, 2.45) is 7.05 Å². The third-order valence-electron chi connectivity index (χ3n) is 5.75. The minimum Gasteiger partial charge on any atom is -0.495 e. The van der Waals surface area contributed by atoms with E-state index < -0.39 is 11.9 Å². The summed E-state index contributed by atoms with van der Waals surface area (Å²) in [6.07, 6.45) is 5.19. The van der Waals surface area contributed by atoms with Crippen LogP contribution in [0, 0.1) is 0 Å². The molecule has 0 radical (unpaired) electrons. The molecule has 5 rings (SSSR count). The highest BCUT2D eigenvalue weighted by Crippen LogP contribution is 2.32. The minimum absolute atomic E-state index is 0.000422. The molecule has 4 heterocycles. The smallest absolute Gasteiger partial charge is 0.274 e. The molecule has 0 aliphatic heterocycles. The van der Waals surface area contributed by atoms with Gasteiger partial charge in [-0.3, -0.25) is 19.4 Å². The molecule has 5 aromatic rings. The molecule has 0 spiro atoms. The van der Waals surface area contributed by atoms with Gasteiger partial charge in [-0.25, -0.2) is 9.97 Å². The van der Waals surface area contributed by atoms with Gasteiger partial charge in [0.1, 0.15) is 22.8 Å². The Labute approximate surface area is 207 Å². The van der Waals surface area contributed by atoms with E-state index >= 15 is 0 Å². The molecular weight excluding hydrogens is 456 g/mol. The van der Waals surface area contributed by atoms with Gasteiger partial charge in [0, 0.05) is 36.6 Å². The van der Waals surface area contributed by atoms with Crippen LogP contribution in [-0.4, -0.2) is 42.7 Å². The van der Waals surface area contributed by atoms with Gasteiger partial charge in [-0.05, 0) is 43.3 Å². The topological polar surface area (TPSA) is 134 Å². The van der Waals surface area contributed by atoms with Crippen LogP contribution in [0.2, 0.25) is 0 Å². The second-order valence-electron chi connectivity index (χ2n) is 8.23. The van der Waals surface area contributed by atoms with Crippen molar-refractivity contribution in [2.45, 2.75) is 13.0 Å². The van der Waals surface area contributed by atoms with Crippen molar-refractivity contribution in [2.75, 3.05) is 12.8 Å². The summed E-state index contributed by atoms with van der Waals surface area (Å²) in [5.41, 5.74) is 10.0. The number of aromatic nitrogens is 6. The highest BCUT2D eigenvalue weighted by molar-refractivity contribution is 5.98. The Morgan fingerprint density at radius 3 is 2.64 bits per heavy atom. The number of fused-ring (bicyclic) bond motifs is 1. The van der Waals surface area contributed by atoms with E-state index in [0.29, 0.717) is 28.5 Å². The van der Waals surface area contributed by atoms with Crippen LogP contribution in [-0.2, 0) is 7.05 Å². The molecule has 10 nitrogen and oxygen atoms in total. The van der Waals surface area contributed by atoms with E-state index in [4.69, 9.17) is 15.5 Å². The van der Waals surface area contributed by atoms with Crippen molar-refractivity contribution in [3.63, 3.8) is 0 Å². The Morgan fingerprint density at radius 1 is 1.06 bits per heavy atom. The first-order valence-electron chi connectivity index (χ1n) is 11.3. The molecule has 0 aliphatic carbocycles. The Balaban J connectivity index is 1.59. The summed E-state index contributed by atoms with van der Waals surface area (Å²) in [6.45, 7) is 1.81. The maximum absolute atomic E-state index is 13.3. The highest BCUT2D eigenvalue weighted by atomic mass is 16.5. The first-order chi connectivity index (χ1) is 17.4. The average Bonchev–Trinajstić information content (AvgIpc) is 3.34. The van der Waals surface area contributed by atoms with Crippen LogP contribution in [0.4, 0.5) is 5.82 Å². The normalized spacial score (nSPS) is 11.9.